The highest BCUT2D eigenvalue weighted by Gasteiger charge is 2.21. The monoisotopic (exact) mass is 306 g/mol. The molecular weight excluding hydrogens is 296 g/mol. The topological polar surface area (TPSA) is 17.1 Å². The minimum atomic E-state index is -1.02. The van der Waals surface area contributed by atoms with E-state index in [1.165, 1.54) is 16.7 Å². The SMILES string of the molecule is O=S1c2ccccc2Cc2cc(CBr)ccc21. The second-order valence-corrected chi connectivity index (χ2v) is 6.11. The van der Waals surface area contributed by atoms with Gasteiger partial charge in [-0.05, 0) is 35.2 Å². The highest BCUT2D eigenvalue weighted by atomic mass is 79.9. The molecule has 2 aromatic rings. The molecule has 0 saturated carbocycles. The summed E-state index contributed by atoms with van der Waals surface area (Å²) in [5.74, 6) is 0. The number of halogens is 1. The number of hydrogen-bond acceptors (Lipinski definition) is 1. The molecule has 0 aromatic heterocycles. The molecule has 3 heteroatoms. The Morgan fingerprint density at radius 3 is 2.65 bits per heavy atom. The van der Waals surface area contributed by atoms with Crippen molar-refractivity contribution in [3.05, 3.63) is 59.2 Å². The zero-order valence-electron chi connectivity index (χ0n) is 9.15. The fraction of sp³-hybridized carbons (Fsp3) is 0.143. The van der Waals surface area contributed by atoms with Gasteiger partial charge in [0.05, 0.1) is 10.8 Å². The number of alkyl halides is 1. The molecule has 86 valence electrons. The van der Waals surface area contributed by atoms with Crippen molar-refractivity contribution in [2.24, 2.45) is 0 Å². The van der Waals surface area contributed by atoms with Crippen LogP contribution in [-0.2, 0) is 22.6 Å². The molecule has 3 rings (SSSR count). The van der Waals surface area contributed by atoms with Gasteiger partial charge in [0, 0.05) is 15.1 Å². The molecule has 0 saturated heterocycles. The third kappa shape index (κ3) is 1.87. The van der Waals surface area contributed by atoms with Crippen LogP contribution in [-0.4, -0.2) is 4.21 Å². The lowest BCUT2D eigenvalue weighted by Crippen LogP contribution is -2.09. The van der Waals surface area contributed by atoms with Gasteiger partial charge in [0.2, 0.25) is 0 Å². The summed E-state index contributed by atoms with van der Waals surface area (Å²) in [5.41, 5.74) is 3.61. The van der Waals surface area contributed by atoms with Gasteiger partial charge in [0.25, 0.3) is 0 Å². The molecule has 1 nitrogen and oxygen atoms in total. The molecule has 1 aliphatic rings. The summed E-state index contributed by atoms with van der Waals surface area (Å²) in [6, 6.07) is 14.2. The normalized spacial score (nSPS) is 17.4. The lowest BCUT2D eigenvalue weighted by atomic mass is 10.0. The minimum absolute atomic E-state index is 0.842. The Morgan fingerprint density at radius 2 is 1.82 bits per heavy atom. The van der Waals surface area contributed by atoms with Gasteiger partial charge in [-0.3, -0.25) is 0 Å². The fourth-order valence-electron chi connectivity index (χ4n) is 2.19. The zero-order chi connectivity index (χ0) is 11.8. The van der Waals surface area contributed by atoms with E-state index in [9.17, 15) is 4.21 Å². The number of fused-ring (bicyclic) bond motifs is 2. The molecule has 0 radical (unpaired) electrons. The molecule has 1 aliphatic heterocycles. The van der Waals surface area contributed by atoms with Crippen LogP contribution in [0.25, 0.3) is 0 Å². The smallest absolute Gasteiger partial charge is 0.0855 e. The third-order valence-corrected chi connectivity index (χ3v) is 5.28. The summed E-state index contributed by atoms with van der Waals surface area (Å²) in [6.45, 7) is 0. The zero-order valence-corrected chi connectivity index (χ0v) is 11.6. The van der Waals surface area contributed by atoms with Gasteiger partial charge < -0.3 is 0 Å². The highest BCUT2D eigenvalue weighted by Crippen LogP contribution is 2.32. The maximum Gasteiger partial charge on any atom is 0.0855 e. The van der Waals surface area contributed by atoms with Crippen LogP contribution in [0.2, 0.25) is 0 Å². The van der Waals surface area contributed by atoms with Crippen molar-refractivity contribution in [1.82, 2.24) is 0 Å². The van der Waals surface area contributed by atoms with Crippen LogP contribution in [0.4, 0.5) is 0 Å². The van der Waals surface area contributed by atoms with E-state index < -0.39 is 10.8 Å². The van der Waals surface area contributed by atoms with Gasteiger partial charge >= 0.3 is 0 Å². The first kappa shape index (κ1) is 11.2. The first-order valence-corrected chi connectivity index (χ1v) is 7.74. The molecule has 17 heavy (non-hydrogen) atoms. The second-order valence-electron chi connectivity index (χ2n) is 4.13. The Labute approximate surface area is 111 Å². The van der Waals surface area contributed by atoms with Crippen molar-refractivity contribution in [3.8, 4) is 0 Å². The van der Waals surface area contributed by atoms with Crippen LogP contribution < -0.4 is 0 Å². The first-order chi connectivity index (χ1) is 8.29. The van der Waals surface area contributed by atoms with Gasteiger partial charge in [0.1, 0.15) is 0 Å². The average Bonchev–Trinajstić information content (AvgIpc) is 2.38. The predicted molar refractivity (Wildman–Crippen MR) is 73.0 cm³/mol. The first-order valence-electron chi connectivity index (χ1n) is 5.47. The standard InChI is InChI=1S/C14H11BrOS/c15-9-10-5-6-14-12(7-10)8-11-3-1-2-4-13(11)17(14)16/h1-7H,8-9H2. The summed E-state index contributed by atoms with van der Waals surface area (Å²) in [5, 5.41) is 0.842. The Balaban J connectivity index is 2.16. The van der Waals surface area contributed by atoms with Gasteiger partial charge in [-0.25, -0.2) is 4.21 Å². The van der Waals surface area contributed by atoms with Gasteiger partial charge in [-0.1, -0.05) is 46.3 Å². The lowest BCUT2D eigenvalue weighted by Gasteiger charge is -2.19. The highest BCUT2D eigenvalue weighted by molar-refractivity contribution is 9.08. The van der Waals surface area contributed by atoms with Crippen LogP contribution in [0.5, 0.6) is 0 Å². The maximum atomic E-state index is 12.4. The van der Waals surface area contributed by atoms with Crippen molar-refractivity contribution in [2.75, 3.05) is 0 Å². The van der Waals surface area contributed by atoms with E-state index in [1.807, 2.05) is 30.3 Å². The Kier molecular flexibility index (Phi) is 2.89. The van der Waals surface area contributed by atoms with Crippen LogP contribution >= 0.6 is 15.9 Å². The quantitative estimate of drug-likeness (QED) is 0.627. The van der Waals surface area contributed by atoms with Crippen molar-refractivity contribution in [2.45, 2.75) is 21.5 Å². The number of hydrogen-bond donors (Lipinski definition) is 0. The van der Waals surface area contributed by atoms with E-state index in [4.69, 9.17) is 0 Å². The average molecular weight is 307 g/mol. The molecule has 1 unspecified atom stereocenters. The van der Waals surface area contributed by atoms with E-state index in [0.717, 1.165) is 21.5 Å². The van der Waals surface area contributed by atoms with Crippen LogP contribution in [0.1, 0.15) is 16.7 Å². The molecule has 0 bridgehead atoms. The van der Waals surface area contributed by atoms with Gasteiger partial charge in [-0.2, -0.15) is 0 Å². The molecular formula is C14H11BrOS. The molecule has 0 N–H and O–H groups in total. The number of benzene rings is 2. The van der Waals surface area contributed by atoms with E-state index in [1.54, 1.807) is 0 Å². The van der Waals surface area contributed by atoms with Crippen LogP contribution in [0.3, 0.4) is 0 Å². The van der Waals surface area contributed by atoms with Crippen LogP contribution in [0.15, 0.2) is 52.3 Å². The van der Waals surface area contributed by atoms with Gasteiger partial charge in [-0.15, -0.1) is 0 Å². The summed E-state index contributed by atoms with van der Waals surface area (Å²) in [4.78, 5) is 1.93. The van der Waals surface area contributed by atoms with E-state index in [2.05, 4.69) is 28.1 Å². The second kappa shape index (κ2) is 4.39. The largest absolute Gasteiger partial charge is 0.249 e. The summed E-state index contributed by atoms with van der Waals surface area (Å²) >= 11 is 3.46. The summed E-state index contributed by atoms with van der Waals surface area (Å²) < 4.78 is 12.4. The Morgan fingerprint density at radius 1 is 1.06 bits per heavy atom. The lowest BCUT2D eigenvalue weighted by molar-refractivity contribution is 0.679. The molecule has 1 atom stereocenters. The molecule has 0 spiro atoms. The van der Waals surface area contributed by atoms with E-state index in [0.29, 0.717) is 0 Å². The summed E-state index contributed by atoms with van der Waals surface area (Å²) in [6.07, 6.45) is 0.887. The number of rotatable bonds is 1. The fourth-order valence-corrected chi connectivity index (χ4v) is 3.92. The molecule has 0 aliphatic carbocycles. The van der Waals surface area contributed by atoms with Crippen molar-refractivity contribution >= 4 is 26.7 Å². The van der Waals surface area contributed by atoms with Crippen LogP contribution in [0, 0.1) is 0 Å². The van der Waals surface area contributed by atoms with Crippen molar-refractivity contribution < 1.29 is 4.21 Å². The van der Waals surface area contributed by atoms with E-state index in [-0.39, 0.29) is 0 Å². The summed E-state index contributed by atoms with van der Waals surface area (Å²) in [7, 11) is -1.02. The molecule has 1 heterocycles. The predicted octanol–water partition coefficient (Wildman–Crippen LogP) is 3.65. The van der Waals surface area contributed by atoms with E-state index >= 15 is 0 Å². The van der Waals surface area contributed by atoms with Crippen molar-refractivity contribution in [3.63, 3.8) is 0 Å². The minimum Gasteiger partial charge on any atom is -0.249 e. The maximum absolute atomic E-state index is 12.4. The molecule has 0 fully saturated rings. The van der Waals surface area contributed by atoms with Crippen molar-refractivity contribution in [1.29, 1.82) is 0 Å². The van der Waals surface area contributed by atoms with Gasteiger partial charge in [0.15, 0.2) is 0 Å². The molecule has 0 amide bonds. The Hall–Kier alpha value is -0.930. The molecule has 2 aromatic carbocycles. The third-order valence-electron chi connectivity index (χ3n) is 3.03. The Bertz CT molecular complexity index is 607.